The molecule has 8 heteroatoms. The molecule has 0 saturated heterocycles. The van der Waals surface area contributed by atoms with Gasteiger partial charge in [-0.15, -0.1) is 0 Å². The number of carbonyl (C=O) groups excluding carboxylic acids is 1. The highest BCUT2D eigenvalue weighted by Gasteiger charge is 2.14. The molecule has 32 heavy (non-hydrogen) atoms. The van der Waals surface area contributed by atoms with Crippen LogP contribution in [0.3, 0.4) is 0 Å². The number of rotatable bonds is 7. The van der Waals surface area contributed by atoms with E-state index in [1.807, 2.05) is 54.6 Å². The van der Waals surface area contributed by atoms with E-state index in [1.54, 1.807) is 18.7 Å². The van der Waals surface area contributed by atoms with Gasteiger partial charge in [0.2, 0.25) is 0 Å². The van der Waals surface area contributed by atoms with Crippen LogP contribution in [-0.2, 0) is 36.6 Å². The molecule has 4 rings (SSSR count). The van der Waals surface area contributed by atoms with Crippen LogP contribution in [0.25, 0.3) is 22.3 Å². The molecule has 0 aliphatic rings. The quantitative estimate of drug-likeness (QED) is 0.330. The van der Waals surface area contributed by atoms with E-state index in [-0.39, 0.29) is 25.5 Å². The number of nitrogens with zero attached hydrogens (tertiary/aromatic N) is 4. The fraction of sp³-hybridized carbons (Fsp3) is 0.250. The number of aryl methyl sites for hydroxylation is 2. The van der Waals surface area contributed by atoms with Crippen LogP contribution in [0.1, 0.15) is 12.0 Å². The molecule has 0 aliphatic heterocycles. The highest BCUT2D eigenvalue weighted by atomic mass is 16.5. The van der Waals surface area contributed by atoms with Crippen LogP contribution in [0.2, 0.25) is 0 Å². The van der Waals surface area contributed by atoms with Gasteiger partial charge in [0.15, 0.2) is 11.2 Å². The molecule has 0 amide bonds. The fourth-order valence-electron chi connectivity index (χ4n) is 3.67. The Bertz CT molecular complexity index is 1370. The molecule has 4 aromatic rings. The summed E-state index contributed by atoms with van der Waals surface area (Å²) in [5.74, 6) is -0.347. The minimum Gasteiger partial charge on any atom is -0.465 e. The third kappa shape index (κ3) is 4.25. The van der Waals surface area contributed by atoms with E-state index in [1.165, 1.54) is 10.9 Å². The maximum Gasteiger partial charge on any atom is 0.332 e. The van der Waals surface area contributed by atoms with E-state index in [2.05, 4.69) is 4.98 Å². The molecule has 0 N–H and O–H groups in total. The van der Waals surface area contributed by atoms with E-state index in [4.69, 9.17) is 4.74 Å². The summed E-state index contributed by atoms with van der Waals surface area (Å²) < 4.78 is 9.40. The maximum atomic E-state index is 12.7. The standard InChI is InChI=1S/C24H24N4O4/c1-26-16-25-22-21(26)23(30)28(24(31)27(22)2)13-6-14-32-20(29)15-17-9-11-19(12-10-17)18-7-4-3-5-8-18/h3-5,7-12,16H,6,13-15H2,1-2H3. The summed E-state index contributed by atoms with van der Waals surface area (Å²) in [6.45, 7) is 0.283. The minimum absolute atomic E-state index is 0.125. The molecule has 164 valence electrons. The van der Waals surface area contributed by atoms with Gasteiger partial charge in [0.25, 0.3) is 5.56 Å². The zero-order valence-corrected chi connectivity index (χ0v) is 18.0. The SMILES string of the molecule is Cn1cnc2c1c(=O)n(CCCOC(=O)Cc1ccc(-c3ccccc3)cc1)c(=O)n2C. The van der Waals surface area contributed by atoms with Crippen LogP contribution in [0.15, 0.2) is 70.5 Å². The first-order valence-corrected chi connectivity index (χ1v) is 10.4. The minimum atomic E-state index is -0.439. The number of fused-ring (bicyclic) bond motifs is 1. The summed E-state index contributed by atoms with van der Waals surface area (Å²) in [5.41, 5.74) is 2.94. The molecule has 0 unspecified atom stereocenters. The molecular weight excluding hydrogens is 408 g/mol. The van der Waals surface area contributed by atoms with Gasteiger partial charge >= 0.3 is 11.7 Å². The summed E-state index contributed by atoms with van der Waals surface area (Å²) in [5, 5.41) is 0. The van der Waals surface area contributed by atoms with Crippen molar-refractivity contribution in [3.63, 3.8) is 0 Å². The molecule has 8 nitrogen and oxygen atoms in total. The van der Waals surface area contributed by atoms with Crippen LogP contribution in [0.5, 0.6) is 0 Å². The molecule has 0 aliphatic carbocycles. The molecule has 0 atom stereocenters. The lowest BCUT2D eigenvalue weighted by atomic mass is 10.0. The van der Waals surface area contributed by atoms with Crippen molar-refractivity contribution < 1.29 is 9.53 Å². The Morgan fingerprint density at radius 3 is 2.38 bits per heavy atom. The van der Waals surface area contributed by atoms with Crippen molar-refractivity contribution in [1.29, 1.82) is 0 Å². The van der Waals surface area contributed by atoms with Crippen molar-refractivity contribution in [2.45, 2.75) is 19.4 Å². The Hall–Kier alpha value is -3.94. The number of carbonyl (C=O) groups is 1. The Labute approximate surface area is 184 Å². The van der Waals surface area contributed by atoms with Crippen LogP contribution < -0.4 is 11.2 Å². The molecule has 0 spiro atoms. The number of hydrogen-bond donors (Lipinski definition) is 0. The van der Waals surface area contributed by atoms with Gasteiger partial charge in [0, 0.05) is 20.6 Å². The first-order valence-electron chi connectivity index (χ1n) is 10.4. The van der Waals surface area contributed by atoms with Gasteiger partial charge in [-0.25, -0.2) is 9.78 Å². The topological polar surface area (TPSA) is 88.1 Å². The fourth-order valence-corrected chi connectivity index (χ4v) is 3.67. The number of benzene rings is 2. The summed E-state index contributed by atoms with van der Waals surface area (Å²) in [4.78, 5) is 41.4. The molecule has 2 heterocycles. The lowest BCUT2D eigenvalue weighted by molar-refractivity contribution is -0.143. The number of imidazole rings is 1. The second-order valence-corrected chi connectivity index (χ2v) is 7.64. The second kappa shape index (κ2) is 9.05. The Morgan fingerprint density at radius 1 is 0.969 bits per heavy atom. The van der Waals surface area contributed by atoms with Crippen LogP contribution in [-0.4, -0.2) is 31.3 Å². The van der Waals surface area contributed by atoms with Crippen LogP contribution in [0, 0.1) is 0 Å². The van der Waals surface area contributed by atoms with Gasteiger partial charge < -0.3 is 9.30 Å². The summed E-state index contributed by atoms with van der Waals surface area (Å²) in [6, 6.07) is 17.8. The number of esters is 1. The van der Waals surface area contributed by atoms with Crippen LogP contribution in [0.4, 0.5) is 0 Å². The van der Waals surface area contributed by atoms with E-state index < -0.39 is 11.2 Å². The molecule has 2 aromatic carbocycles. The highest BCUT2D eigenvalue weighted by molar-refractivity contribution is 5.73. The van der Waals surface area contributed by atoms with Gasteiger partial charge in [-0.05, 0) is 23.1 Å². The average molecular weight is 432 g/mol. The van der Waals surface area contributed by atoms with Crippen molar-refractivity contribution in [2.24, 2.45) is 14.1 Å². The zero-order chi connectivity index (χ0) is 22.7. The predicted molar refractivity (Wildman–Crippen MR) is 121 cm³/mol. The molecular formula is C24H24N4O4. The molecule has 2 aromatic heterocycles. The van der Waals surface area contributed by atoms with E-state index in [0.717, 1.165) is 21.3 Å². The molecule has 0 radical (unpaired) electrons. The predicted octanol–water partition coefficient (Wildman–Crippen LogP) is 2.28. The summed E-state index contributed by atoms with van der Waals surface area (Å²) in [7, 11) is 3.29. The normalized spacial score (nSPS) is 11.1. The van der Waals surface area contributed by atoms with Gasteiger partial charge in [0.05, 0.1) is 19.4 Å². The third-order valence-corrected chi connectivity index (χ3v) is 5.40. The van der Waals surface area contributed by atoms with E-state index in [9.17, 15) is 14.4 Å². The first-order chi connectivity index (χ1) is 15.5. The number of aromatic nitrogens is 4. The molecule has 0 fully saturated rings. The Kier molecular flexibility index (Phi) is 6.02. The summed E-state index contributed by atoms with van der Waals surface area (Å²) in [6.07, 6.45) is 2.03. The van der Waals surface area contributed by atoms with Gasteiger partial charge in [-0.2, -0.15) is 0 Å². The molecule has 0 saturated carbocycles. The van der Waals surface area contributed by atoms with E-state index in [0.29, 0.717) is 17.6 Å². The largest absolute Gasteiger partial charge is 0.465 e. The first kappa shape index (κ1) is 21.3. The zero-order valence-electron chi connectivity index (χ0n) is 18.0. The third-order valence-electron chi connectivity index (χ3n) is 5.40. The monoisotopic (exact) mass is 432 g/mol. The second-order valence-electron chi connectivity index (χ2n) is 7.64. The molecule has 0 bridgehead atoms. The van der Waals surface area contributed by atoms with Crippen molar-refractivity contribution >= 4 is 17.1 Å². The van der Waals surface area contributed by atoms with Crippen molar-refractivity contribution in [3.8, 4) is 11.1 Å². The lowest BCUT2D eigenvalue weighted by Crippen LogP contribution is -2.39. The average Bonchev–Trinajstić information content (AvgIpc) is 3.20. The van der Waals surface area contributed by atoms with Crippen molar-refractivity contribution in [3.05, 3.63) is 87.3 Å². The lowest BCUT2D eigenvalue weighted by Gasteiger charge is -2.09. The van der Waals surface area contributed by atoms with Gasteiger partial charge in [0.1, 0.15) is 0 Å². The smallest absolute Gasteiger partial charge is 0.332 e. The van der Waals surface area contributed by atoms with Crippen molar-refractivity contribution in [1.82, 2.24) is 18.7 Å². The van der Waals surface area contributed by atoms with E-state index >= 15 is 0 Å². The Balaban J connectivity index is 1.33. The number of hydrogen-bond acceptors (Lipinski definition) is 5. The van der Waals surface area contributed by atoms with Crippen molar-refractivity contribution in [2.75, 3.05) is 6.61 Å². The van der Waals surface area contributed by atoms with Gasteiger partial charge in [-0.3, -0.25) is 18.7 Å². The van der Waals surface area contributed by atoms with Gasteiger partial charge in [-0.1, -0.05) is 54.6 Å². The van der Waals surface area contributed by atoms with Crippen LogP contribution >= 0.6 is 0 Å². The maximum absolute atomic E-state index is 12.7. The Morgan fingerprint density at radius 2 is 1.66 bits per heavy atom. The number of ether oxygens (including phenoxy) is 1. The summed E-state index contributed by atoms with van der Waals surface area (Å²) >= 11 is 0. The highest BCUT2D eigenvalue weighted by Crippen LogP contribution is 2.19.